The predicted molar refractivity (Wildman–Crippen MR) is 89.4 cm³/mol. The molecule has 1 aromatic carbocycles. The van der Waals surface area contributed by atoms with Gasteiger partial charge in [0.2, 0.25) is 5.91 Å². The van der Waals surface area contributed by atoms with Crippen molar-refractivity contribution >= 4 is 5.91 Å². The average molecular weight is 309 g/mol. The van der Waals surface area contributed by atoms with E-state index in [0.717, 1.165) is 50.2 Å². The van der Waals surface area contributed by atoms with Crippen LogP contribution >= 0.6 is 0 Å². The van der Waals surface area contributed by atoms with Gasteiger partial charge in [0.05, 0.1) is 11.6 Å². The zero-order valence-corrected chi connectivity index (χ0v) is 13.6. The van der Waals surface area contributed by atoms with Crippen molar-refractivity contribution in [1.29, 1.82) is 0 Å². The molecule has 1 amide bonds. The molecule has 4 rings (SSSR count). The number of carbonyl (C=O) groups is 1. The fourth-order valence-electron chi connectivity index (χ4n) is 4.10. The highest BCUT2D eigenvalue weighted by Crippen LogP contribution is 2.36. The highest BCUT2D eigenvalue weighted by molar-refractivity contribution is 5.85. The van der Waals surface area contributed by atoms with E-state index in [4.69, 9.17) is 0 Å². The number of aromatic nitrogens is 2. The molecule has 4 heteroatoms. The Labute approximate surface area is 136 Å². The Bertz CT molecular complexity index is 721. The van der Waals surface area contributed by atoms with E-state index in [0.29, 0.717) is 11.8 Å². The van der Waals surface area contributed by atoms with Crippen molar-refractivity contribution < 1.29 is 4.79 Å². The van der Waals surface area contributed by atoms with Crippen LogP contribution in [0.15, 0.2) is 30.3 Å². The van der Waals surface area contributed by atoms with E-state index in [1.807, 2.05) is 6.92 Å². The second kappa shape index (κ2) is 5.84. The van der Waals surface area contributed by atoms with Crippen LogP contribution in [-0.2, 0) is 11.2 Å². The molecule has 2 aliphatic rings. The van der Waals surface area contributed by atoms with Crippen LogP contribution in [0.5, 0.6) is 0 Å². The van der Waals surface area contributed by atoms with E-state index in [9.17, 15) is 4.79 Å². The number of amides is 1. The summed E-state index contributed by atoms with van der Waals surface area (Å²) in [5.74, 6) is 0.743. The largest absolute Gasteiger partial charge is 0.341 e. The summed E-state index contributed by atoms with van der Waals surface area (Å²) in [6.45, 7) is 3.72. The van der Waals surface area contributed by atoms with Gasteiger partial charge >= 0.3 is 0 Å². The van der Waals surface area contributed by atoms with Crippen LogP contribution in [0, 0.1) is 6.92 Å². The molecule has 0 unspecified atom stereocenters. The lowest BCUT2D eigenvalue weighted by molar-refractivity contribution is -0.134. The third-order valence-corrected chi connectivity index (χ3v) is 5.31. The number of rotatable bonds is 2. The van der Waals surface area contributed by atoms with Crippen LogP contribution in [0.2, 0.25) is 0 Å². The minimum Gasteiger partial charge on any atom is -0.341 e. The maximum atomic E-state index is 13.0. The van der Waals surface area contributed by atoms with Crippen LogP contribution in [0.3, 0.4) is 0 Å². The quantitative estimate of drug-likeness (QED) is 0.926. The number of aryl methyl sites for hydroxylation is 2. The van der Waals surface area contributed by atoms with Crippen LogP contribution < -0.4 is 0 Å². The average Bonchev–Trinajstić information content (AvgIpc) is 3.20. The van der Waals surface area contributed by atoms with Gasteiger partial charge in [0, 0.05) is 24.7 Å². The summed E-state index contributed by atoms with van der Waals surface area (Å²) in [7, 11) is 0. The second-order valence-corrected chi connectivity index (χ2v) is 6.89. The standard InChI is InChI=1S/C19H23N3O/c1-13-11-18(21-20-13)15-6-4-10-22(12-15)19(23)17-9-8-14-5-2-3-7-16(14)17/h2-3,5,7,11,15,17H,4,6,8-10,12H2,1H3,(H,20,21)/t15-,17-/m0/s1. The van der Waals surface area contributed by atoms with Crippen LogP contribution in [0.1, 0.15) is 53.6 Å². The molecular formula is C19H23N3O. The molecule has 1 saturated heterocycles. The molecule has 1 fully saturated rings. The first-order valence-corrected chi connectivity index (χ1v) is 8.61. The number of fused-ring (bicyclic) bond motifs is 1. The van der Waals surface area contributed by atoms with E-state index >= 15 is 0 Å². The van der Waals surface area contributed by atoms with Crippen LogP contribution in [-0.4, -0.2) is 34.1 Å². The van der Waals surface area contributed by atoms with E-state index in [1.165, 1.54) is 11.1 Å². The van der Waals surface area contributed by atoms with Crippen molar-refractivity contribution in [3.05, 3.63) is 52.8 Å². The minimum absolute atomic E-state index is 0.0610. The number of nitrogens with one attached hydrogen (secondary N) is 1. The number of carbonyl (C=O) groups excluding carboxylic acids is 1. The number of benzene rings is 1. The summed E-state index contributed by atoms with van der Waals surface area (Å²) < 4.78 is 0. The number of aromatic amines is 1. The van der Waals surface area contributed by atoms with Gasteiger partial charge in [-0.05, 0) is 49.8 Å². The van der Waals surface area contributed by atoms with Gasteiger partial charge in [-0.2, -0.15) is 5.10 Å². The number of H-pyrrole nitrogens is 1. The molecule has 1 N–H and O–H groups in total. The van der Waals surface area contributed by atoms with Crippen molar-refractivity contribution in [2.24, 2.45) is 0 Å². The lowest BCUT2D eigenvalue weighted by atomic mass is 9.92. The fourth-order valence-corrected chi connectivity index (χ4v) is 4.10. The summed E-state index contributed by atoms with van der Waals surface area (Å²) in [5, 5.41) is 7.43. The molecule has 2 atom stereocenters. The Morgan fingerprint density at radius 1 is 1.30 bits per heavy atom. The Hall–Kier alpha value is -2.10. The number of likely N-dealkylation sites (tertiary alicyclic amines) is 1. The van der Waals surface area contributed by atoms with Gasteiger partial charge in [0.1, 0.15) is 0 Å². The Balaban J connectivity index is 1.51. The van der Waals surface area contributed by atoms with E-state index < -0.39 is 0 Å². The molecule has 0 saturated carbocycles. The number of hydrogen-bond donors (Lipinski definition) is 1. The van der Waals surface area contributed by atoms with Crippen molar-refractivity contribution in [3.8, 4) is 0 Å². The molecule has 4 nitrogen and oxygen atoms in total. The molecule has 1 aliphatic heterocycles. The highest BCUT2D eigenvalue weighted by atomic mass is 16.2. The highest BCUT2D eigenvalue weighted by Gasteiger charge is 2.34. The minimum atomic E-state index is 0.0610. The van der Waals surface area contributed by atoms with Gasteiger partial charge in [-0.3, -0.25) is 9.89 Å². The molecule has 2 heterocycles. The Kier molecular flexibility index (Phi) is 3.68. The van der Waals surface area contributed by atoms with Gasteiger partial charge in [0.25, 0.3) is 0 Å². The number of nitrogens with zero attached hydrogens (tertiary/aromatic N) is 2. The molecule has 0 radical (unpaired) electrons. The zero-order chi connectivity index (χ0) is 15.8. The lowest BCUT2D eigenvalue weighted by Crippen LogP contribution is -2.41. The smallest absolute Gasteiger partial charge is 0.230 e. The molecular weight excluding hydrogens is 286 g/mol. The van der Waals surface area contributed by atoms with Gasteiger partial charge in [-0.15, -0.1) is 0 Å². The molecule has 0 spiro atoms. The van der Waals surface area contributed by atoms with Crippen molar-refractivity contribution in [3.63, 3.8) is 0 Å². The number of hydrogen-bond acceptors (Lipinski definition) is 2. The van der Waals surface area contributed by atoms with Crippen molar-refractivity contribution in [2.45, 2.75) is 44.4 Å². The molecule has 2 aromatic rings. The topological polar surface area (TPSA) is 49.0 Å². The predicted octanol–water partition coefficient (Wildman–Crippen LogP) is 3.15. The first kappa shape index (κ1) is 14.5. The monoisotopic (exact) mass is 309 g/mol. The lowest BCUT2D eigenvalue weighted by Gasteiger charge is -2.34. The molecule has 1 aliphatic carbocycles. The van der Waals surface area contributed by atoms with Crippen molar-refractivity contribution in [1.82, 2.24) is 15.1 Å². The third-order valence-electron chi connectivity index (χ3n) is 5.31. The van der Waals surface area contributed by atoms with E-state index in [2.05, 4.69) is 45.4 Å². The maximum Gasteiger partial charge on any atom is 0.230 e. The molecule has 120 valence electrons. The molecule has 1 aromatic heterocycles. The first-order chi connectivity index (χ1) is 11.2. The summed E-state index contributed by atoms with van der Waals surface area (Å²) in [5.41, 5.74) is 4.79. The van der Waals surface area contributed by atoms with E-state index in [-0.39, 0.29) is 5.92 Å². The SMILES string of the molecule is Cc1cc([C@H]2CCCN(C(=O)[C@H]3CCc4ccccc43)C2)n[nH]1. The first-order valence-electron chi connectivity index (χ1n) is 8.61. The fraction of sp³-hybridized carbons (Fsp3) is 0.474. The van der Waals surface area contributed by atoms with Gasteiger partial charge < -0.3 is 4.90 Å². The Morgan fingerprint density at radius 3 is 3.00 bits per heavy atom. The summed E-state index contributed by atoms with van der Waals surface area (Å²) in [4.78, 5) is 15.1. The summed E-state index contributed by atoms with van der Waals surface area (Å²) in [6.07, 6.45) is 4.18. The van der Waals surface area contributed by atoms with Gasteiger partial charge in [0.15, 0.2) is 0 Å². The molecule has 0 bridgehead atoms. The Morgan fingerprint density at radius 2 is 2.17 bits per heavy atom. The summed E-state index contributed by atoms with van der Waals surface area (Å²) >= 11 is 0. The van der Waals surface area contributed by atoms with Crippen molar-refractivity contribution in [2.75, 3.05) is 13.1 Å². The van der Waals surface area contributed by atoms with Gasteiger partial charge in [-0.1, -0.05) is 24.3 Å². The maximum absolute atomic E-state index is 13.0. The zero-order valence-electron chi connectivity index (χ0n) is 13.6. The summed E-state index contributed by atoms with van der Waals surface area (Å²) in [6, 6.07) is 10.5. The normalized spacial score (nSPS) is 23.8. The van der Waals surface area contributed by atoms with Crippen LogP contribution in [0.4, 0.5) is 0 Å². The van der Waals surface area contributed by atoms with Gasteiger partial charge in [-0.25, -0.2) is 0 Å². The van der Waals surface area contributed by atoms with E-state index in [1.54, 1.807) is 0 Å². The molecule has 23 heavy (non-hydrogen) atoms. The number of piperidine rings is 1. The van der Waals surface area contributed by atoms with Crippen LogP contribution in [0.25, 0.3) is 0 Å². The second-order valence-electron chi connectivity index (χ2n) is 6.89. The third kappa shape index (κ3) is 2.67.